The predicted octanol–water partition coefficient (Wildman–Crippen LogP) is 4.18. The van der Waals surface area contributed by atoms with Crippen LogP contribution in [0.1, 0.15) is 46.1 Å². The van der Waals surface area contributed by atoms with Crippen molar-refractivity contribution in [2.75, 3.05) is 19.9 Å². The van der Waals surface area contributed by atoms with Crippen LogP contribution in [0.3, 0.4) is 0 Å². The van der Waals surface area contributed by atoms with Crippen molar-refractivity contribution in [2.24, 2.45) is 5.92 Å². The molecule has 3 amide bonds. The van der Waals surface area contributed by atoms with Gasteiger partial charge in [-0.2, -0.15) is 4.48 Å². The number of aliphatic hydroxyl groups excluding tert-OH is 2. The molecule has 47 heavy (non-hydrogen) atoms. The highest BCUT2D eigenvalue weighted by molar-refractivity contribution is 6.99. The van der Waals surface area contributed by atoms with Crippen molar-refractivity contribution in [3.8, 4) is 0 Å². The highest BCUT2D eigenvalue weighted by Crippen LogP contribution is 2.41. The predicted molar refractivity (Wildman–Crippen MR) is 182 cm³/mol. The molecule has 0 saturated carbocycles. The molecule has 3 aromatic carbocycles. The van der Waals surface area contributed by atoms with Gasteiger partial charge in [0.15, 0.2) is 6.73 Å². The van der Waals surface area contributed by atoms with Gasteiger partial charge in [-0.15, -0.1) is 0 Å². The van der Waals surface area contributed by atoms with Gasteiger partial charge in [0.05, 0.1) is 37.6 Å². The van der Waals surface area contributed by atoms with E-state index in [4.69, 9.17) is 13.9 Å². The van der Waals surface area contributed by atoms with Gasteiger partial charge >= 0.3 is 6.03 Å². The zero-order valence-corrected chi connectivity index (χ0v) is 28.7. The van der Waals surface area contributed by atoms with Crippen molar-refractivity contribution in [3.63, 3.8) is 0 Å². The summed E-state index contributed by atoms with van der Waals surface area (Å²) in [7, 11) is -2.92. The molecule has 0 aliphatic carbocycles. The monoisotopic (exact) mass is 659 g/mol. The molecule has 5 rings (SSSR count). The lowest BCUT2D eigenvalue weighted by Crippen LogP contribution is -2.67. The van der Waals surface area contributed by atoms with Crippen molar-refractivity contribution in [3.05, 3.63) is 108 Å². The first-order valence-corrected chi connectivity index (χ1v) is 18.1. The summed E-state index contributed by atoms with van der Waals surface area (Å²) < 4.78 is 19.8. The number of ether oxygens (including phenoxy) is 2. The van der Waals surface area contributed by atoms with Gasteiger partial charge in [0.2, 0.25) is 6.23 Å². The van der Waals surface area contributed by atoms with E-state index in [9.17, 15) is 19.8 Å². The summed E-state index contributed by atoms with van der Waals surface area (Å²) in [6.45, 7) is 8.31. The molecule has 2 unspecified atom stereocenters. The van der Waals surface area contributed by atoms with Crippen LogP contribution in [0.25, 0.3) is 0 Å². The lowest BCUT2D eigenvalue weighted by molar-refractivity contribution is -0.872. The Bertz CT molecular complexity index is 1490. The summed E-state index contributed by atoms with van der Waals surface area (Å²) >= 11 is 0. The number of hydrogen-bond acceptors (Lipinski definition) is 7. The van der Waals surface area contributed by atoms with Crippen molar-refractivity contribution in [1.29, 1.82) is 0 Å². The van der Waals surface area contributed by atoms with Crippen molar-refractivity contribution >= 4 is 30.6 Å². The van der Waals surface area contributed by atoms with Gasteiger partial charge in [-0.1, -0.05) is 112 Å². The van der Waals surface area contributed by atoms with E-state index in [1.54, 1.807) is 13.1 Å². The lowest BCUT2D eigenvalue weighted by Gasteiger charge is -2.43. The molecule has 0 spiro atoms. The average molecular weight is 660 g/mol. The van der Waals surface area contributed by atoms with Crippen LogP contribution in [-0.2, 0) is 25.3 Å². The molecule has 3 N–H and O–H groups in total. The van der Waals surface area contributed by atoms with E-state index in [0.717, 1.165) is 15.9 Å². The maximum absolute atomic E-state index is 13.7. The summed E-state index contributed by atoms with van der Waals surface area (Å²) in [6, 6.07) is 29.8. The molecule has 0 radical (unpaired) electrons. The zero-order valence-electron chi connectivity index (χ0n) is 27.7. The van der Waals surface area contributed by atoms with Gasteiger partial charge in [-0.05, 0) is 40.2 Å². The quantitative estimate of drug-likeness (QED) is 0.186. The van der Waals surface area contributed by atoms with Crippen LogP contribution in [0.15, 0.2) is 103 Å². The number of nitrogens with zero attached hydrogens (tertiary/aromatic N) is 1. The molecule has 5 atom stereocenters. The number of carbonyl (C=O) groups excluding carboxylic acids is 2. The third kappa shape index (κ3) is 7.34. The Hall–Kier alpha value is -3.48. The number of aliphatic hydroxyl groups is 2. The summed E-state index contributed by atoms with van der Waals surface area (Å²) in [5.74, 6) is -0.702. The Morgan fingerprint density at radius 1 is 0.957 bits per heavy atom. The van der Waals surface area contributed by atoms with Crippen LogP contribution in [0.4, 0.5) is 4.79 Å². The van der Waals surface area contributed by atoms with Crippen molar-refractivity contribution < 1.29 is 38.2 Å². The average Bonchev–Trinajstić information content (AvgIpc) is 3.47. The van der Waals surface area contributed by atoms with Crippen LogP contribution in [0, 0.1) is 5.92 Å². The molecular formula is C37H47N2O7Si+. The molecule has 2 aliphatic rings. The minimum absolute atomic E-state index is 0.0619. The van der Waals surface area contributed by atoms with Crippen LogP contribution < -0.4 is 15.7 Å². The van der Waals surface area contributed by atoms with Gasteiger partial charge < -0.3 is 24.1 Å². The zero-order chi connectivity index (χ0) is 33.7. The third-order valence-corrected chi connectivity index (χ3v) is 14.3. The van der Waals surface area contributed by atoms with Crippen LogP contribution >= 0.6 is 0 Å². The second-order valence-electron chi connectivity index (χ2n) is 13.6. The standard InChI is InChI=1S/C37H46N2O7Si/c1-27-22-39(36(43)38-35(27)42,26-44-24-28-14-8-5-9-15-28)34-21-29(20-30(41)23-40)33(46-34)25-45-47(37(2,3)4,31-16-10-6-11-17-31)32-18-12-7-13-19-32/h5-19,22,29-30,33-34,40-41H,20-21,23-26H2,1-4H3/p+1/t29-,30?,33+,34+,39?/m0/s1. The van der Waals surface area contributed by atoms with Crippen LogP contribution in [0.5, 0.6) is 0 Å². The number of rotatable bonds is 13. The number of quaternary nitrogens is 1. The van der Waals surface area contributed by atoms with E-state index in [-0.39, 0.29) is 41.8 Å². The Kier molecular flexibility index (Phi) is 10.9. The van der Waals surface area contributed by atoms with E-state index in [2.05, 4.69) is 50.4 Å². The molecule has 2 aliphatic heterocycles. The molecule has 250 valence electrons. The number of urea groups is 1. The van der Waals surface area contributed by atoms with Gasteiger partial charge in [0.1, 0.15) is 6.20 Å². The van der Waals surface area contributed by atoms with Crippen LogP contribution in [-0.4, -0.2) is 73.3 Å². The number of hydrogen-bond donors (Lipinski definition) is 3. The maximum Gasteiger partial charge on any atom is 0.432 e. The van der Waals surface area contributed by atoms with E-state index in [1.807, 2.05) is 66.7 Å². The number of benzene rings is 3. The summed E-state index contributed by atoms with van der Waals surface area (Å²) in [5.41, 5.74) is 1.34. The van der Waals surface area contributed by atoms with E-state index >= 15 is 0 Å². The van der Waals surface area contributed by atoms with Crippen LogP contribution in [0.2, 0.25) is 5.04 Å². The Morgan fingerprint density at radius 2 is 1.53 bits per heavy atom. The van der Waals surface area contributed by atoms with E-state index in [1.165, 1.54) is 0 Å². The topological polar surface area (TPSA) is 114 Å². The highest BCUT2D eigenvalue weighted by Gasteiger charge is 2.56. The maximum atomic E-state index is 13.7. The van der Waals surface area contributed by atoms with Gasteiger partial charge in [-0.25, -0.2) is 10.1 Å². The van der Waals surface area contributed by atoms with Crippen molar-refractivity contribution in [2.45, 2.75) is 70.6 Å². The molecule has 1 saturated heterocycles. The number of imide groups is 1. The number of nitrogens with one attached hydrogen (secondary N) is 1. The number of amides is 3. The fraction of sp³-hybridized carbons (Fsp3) is 0.405. The van der Waals surface area contributed by atoms with E-state index in [0.29, 0.717) is 12.0 Å². The fourth-order valence-corrected chi connectivity index (χ4v) is 11.5. The molecule has 0 aromatic heterocycles. The smallest absolute Gasteiger partial charge is 0.405 e. The normalized spacial score (nSPS) is 24.1. The second-order valence-corrected chi connectivity index (χ2v) is 17.9. The van der Waals surface area contributed by atoms with Gasteiger partial charge in [0.25, 0.3) is 14.2 Å². The van der Waals surface area contributed by atoms with Gasteiger partial charge in [0, 0.05) is 6.42 Å². The third-order valence-electron chi connectivity index (χ3n) is 9.34. The first kappa shape index (κ1) is 34.8. The Balaban J connectivity index is 1.49. The molecule has 10 heteroatoms. The first-order chi connectivity index (χ1) is 22.5. The molecular weight excluding hydrogens is 613 g/mol. The SMILES string of the molecule is CC1=C[N+](COCc2ccccc2)([C@H]2C[C@H](CC(O)CO)[C@@H](CO[Si](c3ccccc3)(c3ccccc3)C(C)(C)C)O2)C(=O)NC1=O. The minimum atomic E-state index is -2.92. The summed E-state index contributed by atoms with van der Waals surface area (Å²) in [5, 5.41) is 24.9. The van der Waals surface area contributed by atoms with Crippen molar-refractivity contribution in [1.82, 2.24) is 5.32 Å². The van der Waals surface area contributed by atoms with Gasteiger partial charge in [-0.3, -0.25) is 4.79 Å². The summed E-state index contributed by atoms with van der Waals surface area (Å²) in [6.07, 6.45) is 0.0712. The minimum Gasteiger partial charge on any atom is -0.405 e. The fourth-order valence-electron chi connectivity index (χ4n) is 6.94. The highest BCUT2D eigenvalue weighted by atomic mass is 28.4. The largest absolute Gasteiger partial charge is 0.432 e. The molecule has 2 heterocycles. The number of carbonyl (C=O) groups is 2. The van der Waals surface area contributed by atoms with E-state index < -0.39 is 45.3 Å². The summed E-state index contributed by atoms with van der Waals surface area (Å²) in [4.78, 5) is 26.3. The second kappa shape index (κ2) is 14.7. The Labute approximate surface area is 278 Å². The molecule has 0 bridgehead atoms. The molecule has 1 fully saturated rings. The Morgan fingerprint density at radius 3 is 2.09 bits per heavy atom. The molecule has 9 nitrogen and oxygen atoms in total. The molecule has 3 aromatic rings. The first-order valence-electron chi connectivity index (χ1n) is 16.2. The lowest BCUT2D eigenvalue weighted by atomic mass is 9.94.